The molecule has 3 N–H and O–H groups in total. The van der Waals surface area contributed by atoms with Gasteiger partial charge in [0.25, 0.3) is 0 Å². The van der Waals surface area contributed by atoms with Crippen LogP contribution in [0.15, 0.2) is 48.5 Å². The minimum Gasteiger partial charge on any atom is -0.497 e. The van der Waals surface area contributed by atoms with Gasteiger partial charge in [-0.15, -0.1) is 0 Å². The van der Waals surface area contributed by atoms with Gasteiger partial charge in [-0.05, 0) is 35.4 Å². The summed E-state index contributed by atoms with van der Waals surface area (Å²) in [6, 6.07) is 15.3. The minimum atomic E-state index is -0.211. The number of carbonyl (C=O) groups is 1. The van der Waals surface area contributed by atoms with Crippen molar-refractivity contribution in [2.75, 3.05) is 14.2 Å². The summed E-state index contributed by atoms with van der Waals surface area (Å²) >= 11 is 0. The second kappa shape index (κ2) is 7.47. The first kappa shape index (κ1) is 15.9. The summed E-state index contributed by atoms with van der Waals surface area (Å²) in [5.41, 5.74) is 4.24. The second-order valence-electron chi connectivity index (χ2n) is 4.87. The van der Waals surface area contributed by atoms with Gasteiger partial charge in [0.15, 0.2) is 0 Å². The Bertz CT molecular complexity index is 561. The summed E-state index contributed by atoms with van der Waals surface area (Å²) in [4.78, 5) is 11.7. The number of nitrogens with two attached hydrogens (primary N) is 1. The van der Waals surface area contributed by atoms with Gasteiger partial charge in [0.1, 0.15) is 11.5 Å². The highest BCUT2D eigenvalue weighted by Crippen LogP contribution is 2.30. The number of hydrogen-bond acceptors (Lipinski definition) is 4. The van der Waals surface area contributed by atoms with Crippen LogP contribution in [0.4, 0.5) is 0 Å². The first-order valence-corrected chi connectivity index (χ1v) is 6.95. The van der Waals surface area contributed by atoms with Crippen LogP contribution >= 0.6 is 0 Å². The van der Waals surface area contributed by atoms with E-state index in [4.69, 9.17) is 15.3 Å². The fraction of sp³-hybridized carbons (Fsp3) is 0.235. The van der Waals surface area contributed by atoms with Crippen molar-refractivity contribution >= 4 is 5.91 Å². The van der Waals surface area contributed by atoms with Gasteiger partial charge in [0, 0.05) is 12.3 Å². The van der Waals surface area contributed by atoms with Gasteiger partial charge in [-0.25, -0.2) is 5.84 Å². The molecule has 0 saturated heterocycles. The molecule has 0 heterocycles. The number of methoxy groups -OCH3 is 2. The number of benzene rings is 2. The van der Waals surface area contributed by atoms with Crippen molar-refractivity contribution in [1.29, 1.82) is 0 Å². The Hall–Kier alpha value is -2.53. The van der Waals surface area contributed by atoms with Crippen molar-refractivity contribution in [3.05, 3.63) is 59.7 Å². The topological polar surface area (TPSA) is 73.6 Å². The van der Waals surface area contributed by atoms with Gasteiger partial charge in [-0.2, -0.15) is 0 Å². The fourth-order valence-corrected chi connectivity index (χ4v) is 2.34. The zero-order valence-electron chi connectivity index (χ0n) is 12.7. The third-order valence-corrected chi connectivity index (χ3v) is 3.59. The van der Waals surface area contributed by atoms with E-state index in [-0.39, 0.29) is 18.2 Å². The molecule has 0 spiro atoms. The number of carbonyl (C=O) groups excluding carboxylic acids is 1. The standard InChI is InChI=1S/C17H20N2O3/c1-21-14-7-3-12(4-8-14)16(11-17(20)19-18)13-5-9-15(22-2)10-6-13/h3-10,16H,11,18H2,1-2H3,(H,19,20). The molecule has 1 amide bonds. The summed E-state index contributed by atoms with van der Waals surface area (Å²) in [6.07, 6.45) is 0.273. The highest BCUT2D eigenvalue weighted by molar-refractivity contribution is 5.76. The summed E-state index contributed by atoms with van der Waals surface area (Å²) < 4.78 is 10.3. The van der Waals surface area contributed by atoms with Crippen molar-refractivity contribution in [3.63, 3.8) is 0 Å². The highest BCUT2D eigenvalue weighted by Gasteiger charge is 2.18. The predicted octanol–water partition coefficient (Wildman–Crippen LogP) is 2.22. The zero-order valence-corrected chi connectivity index (χ0v) is 12.7. The van der Waals surface area contributed by atoms with Crippen LogP contribution in [0.25, 0.3) is 0 Å². The SMILES string of the molecule is COc1ccc(C(CC(=O)NN)c2ccc(OC)cc2)cc1. The average molecular weight is 300 g/mol. The molecule has 0 unspecified atom stereocenters. The molecule has 0 aliphatic carbocycles. The van der Waals surface area contributed by atoms with E-state index in [0.717, 1.165) is 22.6 Å². The first-order valence-electron chi connectivity index (χ1n) is 6.95. The summed E-state index contributed by atoms with van der Waals surface area (Å²) in [6.45, 7) is 0. The van der Waals surface area contributed by atoms with Gasteiger partial charge in [-0.1, -0.05) is 24.3 Å². The number of hydrazine groups is 1. The molecule has 0 fully saturated rings. The molecule has 22 heavy (non-hydrogen) atoms. The Morgan fingerprint density at radius 1 is 0.955 bits per heavy atom. The van der Waals surface area contributed by atoms with Crippen LogP contribution in [0, 0.1) is 0 Å². The zero-order chi connectivity index (χ0) is 15.9. The maximum absolute atomic E-state index is 11.7. The van der Waals surface area contributed by atoms with Crippen LogP contribution in [-0.2, 0) is 4.79 Å². The van der Waals surface area contributed by atoms with E-state index in [1.165, 1.54) is 0 Å². The molecule has 5 heteroatoms. The van der Waals surface area contributed by atoms with Crippen LogP contribution in [0.3, 0.4) is 0 Å². The lowest BCUT2D eigenvalue weighted by molar-refractivity contribution is -0.121. The lowest BCUT2D eigenvalue weighted by atomic mass is 9.88. The molecule has 0 aromatic heterocycles. The van der Waals surface area contributed by atoms with Crippen molar-refractivity contribution < 1.29 is 14.3 Å². The quantitative estimate of drug-likeness (QED) is 0.487. The molecular weight excluding hydrogens is 280 g/mol. The molecule has 0 saturated carbocycles. The molecule has 116 valence electrons. The molecule has 0 bridgehead atoms. The predicted molar refractivity (Wildman–Crippen MR) is 84.8 cm³/mol. The lowest BCUT2D eigenvalue weighted by Gasteiger charge is -2.18. The Kier molecular flexibility index (Phi) is 5.38. The van der Waals surface area contributed by atoms with Crippen molar-refractivity contribution in [3.8, 4) is 11.5 Å². The number of hydrogen-bond donors (Lipinski definition) is 2. The van der Waals surface area contributed by atoms with E-state index < -0.39 is 0 Å². The third kappa shape index (κ3) is 3.77. The van der Waals surface area contributed by atoms with Crippen molar-refractivity contribution in [2.24, 2.45) is 5.84 Å². The van der Waals surface area contributed by atoms with Crippen LogP contribution in [0.5, 0.6) is 11.5 Å². The number of ether oxygens (including phenoxy) is 2. The monoisotopic (exact) mass is 300 g/mol. The molecular formula is C17H20N2O3. The smallest absolute Gasteiger partial charge is 0.234 e. The van der Waals surface area contributed by atoms with E-state index in [1.807, 2.05) is 48.5 Å². The van der Waals surface area contributed by atoms with Crippen LogP contribution in [0.2, 0.25) is 0 Å². The van der Waals surface area contributed by atoms with E-state index in [9.17, 15) is 4.79 Å². The summed E-state index contributed by atoms with van der Waals surface area (Å²) in [7, 11) is 3.25. The Morgan fingerprint density at radius 3 is 1.68 bits per heavy atom. The van der Waals surface area contributed by atoms with Gasteiger partial charge >= 0.3 is 0 Å². The molecule has 2 aromatic rings. The largest absolute Gasteiger partial charge is 0.497 e. The van der Waals surface area contributed by atoms with Crippen molar-refractivity contribution in [2.45, 2.75) is 12.3 Å². The molecule has 2 rings (SSSR count). The van der Waals surface area contributed by atoms with Gasteiger partial charge in [-0.3, -0.25) is 10.2 Å². The molecule has 0 aliphatic rings. The average Bonchev–Trinajstić information content (AvgIpc) is 2.59. The molecule has 0 radical (unpaired) electrons. The summed E-state index contributed by atoms with van der Waals surface area (Å²) in [5.74, 6) is 6.49. The second-order valence-corrected chi connectivity index (χ2v) is 4.87. The minimum absolute atomic E-state index is 0.0830. The number of nitrogens with one attached hydrogen (secondary N) is 1. The van der Waals surface area contributed by atoms with Crippen LogP contribution in [-0.4, -0.2) is 20.1 Å². The number of rotatable bonds is 6. The summed E-state index contributed by atoms with van der Waals surface area (Å²) in [5, 5.41) is 0. The maximum atomic E-state index is 11.7. The molecule has 0 atom stereocenters. The van der Waals surface area contributed by atoms with Gasteiger partial charge in [0.2, 0.25) is 5.91 Å². The Morgan fingerprint density at radius 2 is 1.36 bits per heavy atom. The van der Waals surface area contributed by atoms with E-state index in [2.05, 4.69) is 5.43 Å². The molecule has 0 aliphatic heterocycles. The molecule has 2 aromatic carbocycles. The maximum Gasteiger partial charge on any atom is 0.234 e. The van der Waals surface area contributed by atoms with E-state index >= 15 is 0 Å². The van der Waals surface area contributed by atoms with Gasteiger partial charge < -0.3 is 9.47 Å². The van der Waals surface area contributed by atoms with Crippen LogP contribution in [0.1, 0.15) is 23.5 Å². The third-order valence-electron chi connectivity index (χ3n) is 3.59. The highest BCUT2D eigenvalue weighted by atomic mass is 16.5. The first-order chi connectivity index (χ1) is 10.7. The normalized spacial score (nSPS) is 10.4. The Labute approximate surface area is 130 Å². The van der Waals surface area contributed by atoms with E-state index in [1.54, 1.807) is 14.2 Å². The number of amides is 1. The Balaban J connectivity index is 2.33. The molecule has 5 nitrogen and oxygen atoms in total. The van der Waals surface area contributed by atoms with Gasteiger partial charge in [0.05, 0.1) is 14.2 Å². The fourth-order valence-electron chi connectivity index (χ4n) is 2.34. The van der Waals surface area contributed by atoms with Crippen LogP contribution < -0.4 is 20.7 Å². The van der Waals surface area contributed by atoms with E-state index in [0.29, 0.717) is 0 Å². The lowest BCUT2D eigenvalue weighted by Crippen LogP contribution is -2.31. The van der Waals surface area contributed by atoms with Crippen molar-refractivity contribution in [1.82, 2.24) is 5.43 Å².